The zero-order chi connectivity index (χ0) is 16.9. The third-order valence-electron chi connectivity index (χ3n) is 3.21. The first-order valence-electron chi connectivity index (χ1n) is 7.34. The maximum atomic E-state index is 13.5. The van der Waals surface area contributed by atoms with E-state index in [-0.39, 0.29) is 11.4 Å². The monoisotopic (exact) mass is 327 g/mol. The molecule has 122 valence electrons. The highest BCUT2D eigenvalue weighted by Gasteiger charge is 2.17. The number of hydrogen-bond donors (Lipinski definition) is 0. The van der Waals surface area contributed by atoms with Gasteiger partial charge in [-0.2, -0.15) is 0 Å². The predicted octanol–water partition coefficient (Wildman–Crippen LogP) is 4.10. The molecule has 6 heteroatoms. The molecule has 5 nitrogen and oxygen atoms in total. The van der Waals surface area contributed by atoms with Crippen molar-refractivity contribution in [2.75, 3.05) is 6.61 Å². The van der Waals surface area contributed by atoms with Crippen LogP contribution in [0.2, 0.25) is 0 Å². The Morgan fingerprint density at radius 1 is 1.17 bits per heavy atom. The third-order valence-corrected chi connectivity index (χ3v) is 3.21. The smallest absolute Gasteiger partial charge is 0.366 e. The first kappa shape index (κ1) is 15.7. The summed E-state index contributed by atoms with van der Waals surface area (Å²) in [6, 6.07) is 14.2. The highest BCUT2D eigenvalue weighted by molar-refractivity contribution is 5.90. The van der Waals surface area contributed by atoms with E-state index in [1.165, 1.54) is 24.3 Å². The fraction of sp³-hybridized carbons (Fsp3) is 0.111. The molecular formula is C18H14FNO4. The Balaban J connectivity index is 1.75. The standard InChI is InChI=1S/C18H14FNO4/c1-2-22-13-9-7-12(8-10-13)17-11-15(20-24-17)18(21)23-16-6-4-3-5-14(16)19/h3-11H,2H2,1H3. The van der Waals surface area contributed by atoms with Crippen LogP contribution in [-0.4, -0.2) is 17.7 Å². The summed E-state index contributed by atoms with van der Waals surface area (Å²) in [4.78, 5) is 12.0. The van der Waals surface area contributed by atoms with Gasteiger partial charge in [0.15, 0.2) is 23.0 Å². The van der Waals surface area contributed by atoms with E-state index in [4.69, 9.17) is 14.0 Å². The third kappa shape index (κ3) is 3.43. The molecule has 0 amide bonds. The molecule has 0 unspecified atom stereocenters. The Morgan fingerprint density at radius 2 is 1.92 bits per heavy atom. The van der Waals surface area contributed by atoms with Crippen LogP contribution in [0.15, 0.2) is 59.1 Å². The number of carbonyl (C=O) groups is 1. The predicted molar refractivity (Wildman–Crippen MR) is 84.5 cm³/mol. The Kier molecular flexibility index (Phi) is 4.56. The molecule has 3 aromatic rings. The molecule has 0 N–H and O–H groups in total. The number of hydrogen-bond acceptors (Lipinski definition) is 5. The summed E-state index contributed by atoms with van der Waals surface area (Å²) < 4.78 is 29.0. The lowest BCUT2D eigenvalue weighted by molar-refractivity contribution is 0.0717. The summed E-state index contributed by atoms with van der Waals surface area (Å²) in [6.45, 7) is 2.48. The topological polar surface area (TPSA) is 61.6 Å². The molecule has 0 aliphatic heterocycles. The lowest BCUT2D eigenvalue weighted by Gasteiger charge is -2.02. The molecule has 3 rings (SSSR count). The van der Waals surface area contributed by atoms with Crippen LogP contribution in [-0.2, 0) is 0 Å². The van der Waals surface area contributed by atoms with E-state index >= 15 is 0 Å². The van der Waals surface area contributed by atoms with Crippen LogP contribution in [0.3, 0.4) is 0 Å². The minimum absolute atomic E-state index is 0.0397. The molecule has 0 saturated carbocycles. The van der Waals surface area contributed by atoms with E-state index in [2.05, 4.69) is 5.16 Å². The van der Waals surface area contributed by atoms with Gasteiger partial charge in [-0.1, -0.05) is 17.3 Å². The summed E-state index contributed by atoms with van der Waals surface area (Å²) >= 11 is 0. The maximum Gasteiger partial charge on any atom is 0.366 e. The molecule has 0 fully saturated rings. The largest absolute Gasteiger partial charge is 0.494 e. The first-order valence-corrected chi connectivity index (χ1v) is 7.34. The minimum Gasteiger partial charge on any atom is -0.494 e. The first-order chi connectivity index (χ1) is 11.7. The molecule has 0 aliphatic rings. The molecule has 0 spiro atoms. The molecule has 0 atom stereocenters. The molecule has 0 saturated heterocycles. The van der Waals surface area contributed by atoms with Crippen molar-refractivity contribution >= 4 is 5.97 Å². The summed E-state index contributed by atoms with van der Waals surface area (Å²) in [5, 5.41) is 3.67. The van der Waals surface area contributed by atoms with Gasteiger partial charge in [-0.3, -0.25) is 0 Å². The number of para-hydroxylation sites is 1. The van der Waals surface area contributed by atoms with Gasteiger partial charge in [0.2, 0.25) is 0 Å². The molecular weight excluding hydrogens is 313 g/mol. The molecule has 0 radical (unpaired) electrons. The van der Waals surface area contributed by atoms with Crippen LogP contribution < -0.4 is 9.47 Å². The van der Waals surface area contributed by atoms with E-state index < -0.39 is 11.8 Å². The van der Waals surface area contributed by atoms with Crippen molar-refractivity contribution in [3.63, 3.8) is 0 Å². The second-order valence-corrected chi connectivity index (χ2v) is 4.85. The average molecular weight is 327 g/mol. The number of carbonyl (C=O) groups excluding carboxylic acids is 1. The Hall–Kier alpha value is -3.15. The van der Waals surface area contributed by atoms with Crippen LogP contribution in [0.4, 0.5) is 4.39 Å². The van der Waals surface area contributed by atoms with E-state index in [0.717, 1.165) is 11.3 Å². The Labute approximate surface area is 137 Å². The molecule has 24 heavy (non-hydrogen) atoms. The number of benzene rings is 2. The summed E-state index contributed by atoms with van der Waals surface area (Å²) in [5.74, 6) is -0.436. The van der Waals surface area contributed by atoms with Crippen molar-refractivity contribution in [3.05, 3.63) is 66.1 Å². The van der Waals surface area contributed by atoms with Gasteiger partial charge in [0.05, 0.1) is 6.61 Å². The van der Waals surface area contributed by atoms with Crippen molar-refractivity contribution in [2.45, 2.75) is 6.92 Å². The van der Waals surface area contributed by atoms with Gasteiger partial charge in [-0.25, -0.2) is 9.18 Å². The van der Waals surface area contributed by atoms with Crippen LogP contribution >= 0.6 is 0 Å². The molecule has 1 heterocycles. The fourth-order valence-corrected chi connectivity index (χ4v) is 2.07. The van der Waals surface area contributed by atoms with Gasteiger partial charge in [0, 0.05) is 11.6 Å². The molecule has 1 aromatic heterocycles. The number of halogens is 1. The van der Waals surface area contributed by atoms with Crippen molar-refractivity contribution in [1.82, 2.24) is 5.16 Å². The number of rotatable bonds is 5. The van der Waals surface area contributed by atoms with Crippen LogP contribution in [0.5, 0.6) is 11.5 Å². The summed E-state index contributed by atoms with van der Waals surface area (Å²) in [6.07, 6.45) is 0. The second kappa shape index (κ2) is 6.95. The fourth-order valence-electron chi connectivity index (χ4n) is 2.07. The average Bonchev–Trinajstić information content (AvgIpc) is 3.08. The van der Waals surface area contributed by atoms with Gasteiger partial charge in [-0.15, -0.1) is 0 Å². The lowest BCUT2D eigenvalue weighted by atomic mass is 10.1. The Bertz CT molecular complexity index is 842. The van der Waals surface area contributed by atoms with Gasteiger partial charge in [0.1, 0.15) is 5.75 Å². The summed E-state index contributed by atoms with van der Waals surface area (Å²) in [7, 11) is 0. The van der Waals surface area contributed by atoms with Crippen molar-refractivity contribution in [1.29, 1.82) is 0 Å². The number of ether oxygens (including phenoxy) is 2. The normalized spacial score (nSPS) is 10.4. The highest BCUT2D eigenvalue weighted by Crippen LogP contribution is 2.24. The van der Waals surface area contributed by atoms with Gasteiger partial charge in [0.25, 0.3) is 0 Å². The molecule has 0 bridgehead atoms. The van der Waals surface area contributed by atoms with Gasteiger partial charge < -0.3 is 14.0 Å². The van der Waals surface area contributed by atoms with E-state index in [9.17, 15) is 9.18 Å². The zero-order valence-electron chi connectivity index (χ0n) is 12.9. The van der Waals surface area contributed by atoms with E-state index in [1.807, 2.05) is 6.92 Å². The SMILES string of the molecule is CCOc1ccc(-c2cc(C(=O)Oc3ccccc3F)no2)cc1. The summed E-state index contributed by atoms with van der Waals surface area (Å²) in [5.41, 5.74) is 0.693. The van der Waals surface area contributed by atoms with Gasteiger partial charge in [-0.05, 0) is 43.3 Å². The van der Waals surface area contributed by atoms with E-state index in [1.54, 1.807) is 30.3 Å². The van der Waals surface area contributed by atoms with Crippen molar-refractivity contribution < 1.29 is 23.2 Å². The molecule has 2 aromatic carbocycles. The Morgan fingerprint density at radius 3 is 2.62 bits per heavy atom. The van der Waals surface area contributed by atoms with Crippen LogP contribution in [0.1, 0.15) is 17.4 Å². The molecule has 0 aliphatic carbocycles. The number of aromatic nitrogens is 1. The maximum absolute atomic E-state index is 13.5. The zero-order valence-corrected chi connectivity index (χ0v) is 12.9. The number of esters is 1. The highest BCUT2D eigenvalue weighted by atomic mass is 19.1. The van der Waals surface area contributed by atoms with Crippen LogP contribution in [0.25, 0.3) is 11.3 Å². The second-order valence-electron chi connectivity index (χ2n) is 4.85. The number of nitrogens with zero attached hydrogens (tertiary/aromatic N) is 1. The van der Waals surface area contributed by atoms with Crippen molar-refractivity contribution in [2.24, 2.45) is 0 Å². The quantitative estimate of drug-likeness (QED) is 0.521. The lowest BCUT2D eigenvalue weighted by Crippen LogP contribution is -2.09. The minimum atomic E-state index is -0.791. The van der Waals surface area contributed by atoms with Crippen molar-refractivity contribution in [3.8, 4) is 22.8 Å². The van der Waals surface area contributed by atoms with Gasteiger partial charge >= 0.3 is 5.97 Å². The van der Waals surface area contributed by atoms with E-state index in [0.29, 0.717) is 12.4 Å². The van der Waals surface area contributed by atoms with Crippen LogP contribution in [0, 0.1) is 5.82 Å².